The van der Waals surface area contributed by atoms with Crippen molar-refractivity contribution < 1.29 is 22.7 Å². The quantitative estimate of drug-likeness (QED) is 0.794. The van der Waals surface area contributed by atoms with Crippen LogP contribution in [0.4, 0.5) is 0 Å². The van der Waals surface area contributed by atoms with E-state index in [0.717, 1.165) is 6.42 Å². The Bertz CT molecular complexity index is 704. The Morgan fingerprint density at radius 1 is 1.17 bits per heavy atom. The summed E-state index contributed by atoms with van der Waals surface area (Å²) in [7, 11) is -3.59. The third kappa shape index (κ3) is 4.33. The van der Waals surface area contributed by atoms with Gasteiger partial charge in [-0.2, -0.15) is 4.31 Å². The highest BCUT2D eigenvalue weighted by molar-refractivity contribution is 7.89. The first-order valence-electron chi connectivity index (χ1n) is 7.75. The highest BCUT2D eigenvalue weighted by Crippen LogP contribution is 2.26. The fourth-order valence-electron chi connectivity index (χ4n) is 2.93. The molecular weight excluding hydrogens is 332 g/mol. The van der Waals surface area contributed by atoms with Gasteiger partial charge in [-0.25, -0.2) is 13.2 Å². The topological polar surface area (TPSA) is 107 Å². The molecule has 8 heteroatoms. The average molecular weight is 354 g/mol. The predicted molar refractivity (Wildman–Crippen MR) is 87.6 cm³/mol. The minimum absolute atomic E-state index is 0.134. The summed E-state index contributed by atoms with van der Waals surface area (Å²) in [5.41, 5.74) is 5.07. The van der Waals surface area contributed by atoms with Crippen LogP contribution in [0.5, 0.6) is 0 Å². The Labute approximate surface area is 141 Å². The van der Waals surface area contributed by atoms with Gasteiger partial charge in [-0.3, -0.25) is 4.79 Å². The van der Waals surface area contributed by atoms with Crippen molar-refractivity contribution >= 4 is 21.9 Å². The Hall–Kier alpha value is -1.93. The Kier molecular flexibility index (Phi) is 5.61. The second kappa shape index (κ2) is 7.31. The summed E-state index contributed by atoms with van der Waals surface area (Å²) in [4.78, 5) is 22.5. The molecule has 0 saturated carbocycles. The summed E-state index contributed by atoms with van der Waals surface area (Å²) < 4.78 is 31.6. The first kappa shape index (κ1) is 18.4. The molecule has 0 spiro atoms. The van der Waals surface area contributed by atoms with E-state index < -0.39 is 28.5 Å². The molecule has 2 N–H and O–H groups in total. The van der Waals surface area contributed by atoms with Gasteiger partial charge < -0.3 is 10.5 Å². The zero-order valence-corrected chi connectivity index (χ0v) is 14.6. The van der Waals surface area contributed by atoms with Crippen LogP contribution in [-0.2, 0) is 19.6 Å². The van der Waals surface area contributed by atoms with Crippen LogP contribution < -0.4 is 5.73 Å². The molecule has 0 radical (unpaired) electrons. The summed E-state index contributed by atoms with van der Waals surface area (Å²) in [6.07, 6.45) is 1.01. The van der Waals surface area contributed by atoms with Gasteiger partial charge in [-0.1, -0.05) is 13.8 Å². The van der Waals surface area contributed by atoms with Crippen molar-refractivity contribution in [3.8, 4) is 0 Å². The number of nitrogens with zero attached hydrogens (tertiary/aromatic N) is 1. The van der Waals surface area contributed by atoms with Gasteiger partial charge in [0.1, 0.15) is 0 Å². The summed E-state index contributed by atoms with van der Waals surface area (Å²) in [6.45, 7) is 4.55. The molecule has 132 valence electrons. The molecule has 0 aliphatic carbocycles. The van der Waals surface area contributed by atoms with Crippen LogP contribution >= 0.6 is 0 Å². The third-order valence-corrected chi connectivity index (χ3v) is 5.75. The zero-order valence-electron chi connectivity index (χ0n) is 13.8. The lowest BCUT2D eigenvalue weighted by Gasteiger charge is -2.34. The summed E-state index contributed by atoms with van der Waals surface area (Å²) in [5.74, 6) is -0.855. The van der Waals surface area contributed by atoms with Gasteiger partial charge >= 0.3 is 5.97 Å². The number of carbonyl (C=O) groups excluding carboxylic acids is 2. The standard InChI is InChI=1S/C16H22N2O5S/c1-11-7-12(2)9-18(8-11)24(21,22)14-5-3-13(4-6-14)16(20)23-10-15(17)19/h3-6,11-12H,7-10H2,1-2H3,(H2,17,19). The second-order valence-electron chi connectivity index (χ2n) is 6.33. The molecule has 7 nitrogen and oxygen atoms in total. The number of piperidine rings is 1. The number of sulfonamides is 1. The van der Waals surface area contributed by atoms with Crippen molar-refractivity contribution in [2.24, 2.45) is 17.6 Å². The van der Waals surface area contributed by atoms with Gasteiger partial charge in [0.15, 0.2) is 6.61 Å². The van der Waals surface area contributed by atoms with Crippen LogP contribution in [0, 0.1) is 11.8 Å². The molecule has 0 bridgehead atoms. The molecule has 1 aromatic carbocycles. The van der Waals surface area contributed by atoms with E-state index in [0.29, 0.717) is 24.9 Å². The van der Waals surface area contributed by atoms with E-state index in [4.69, 9.17) is 5.73 Å². The maximum atomic E-state index is 12.7. The summed E-state index contributed by atoms with van der Waals surface area (Å²) in [5, 5.41) is 0. The number of nitrogens with two attached hydrogens (primary N) is 1. The predicted octanol–water partition coefficient (Wildman–Crippen LogP) is 0.995. The van der Waals surface area contributed by atoms with Crippen LogP contribution in [0.25, 0.3) is 0 Å². The van der Waals surface area contributed by atoms with E-state index in [9.17, 15) is 18.0 Å². The largest absolute Gasteiger partial charge is 0.452 e. The van der Waals surface area contributed by atoms with Gasteiger partial charge in [-0.15, -0.1) is 0 Å². The van der Waals surface area contributed by atoms with E-state index in [1.165, 1.54) is 28.6 Å². The Balaban J connectivity index is 2.14. The Morgan fingerprint density at radius 2 is 1.71 bits per heavy atom. The number of amides is 1. The van der Waals surface area contributed by atoms with E-state index in [2.05, 4.69) is 4.74 Å². The molecule has 2 unspecified atom stereocenters. The van der Waals surface area contributed by atoms with Gasteiger partial charge in [0.2, 0.25) is 10.0 Å². The fourth-order valence-corrected chi connectivity index (χ4v) is 4.61. The molecule has 1 heterocycles. The van der Waals surface area contributed by atoms with Crippen LogP contribution in [0.15, 0.2) is 29.2 Å². The number of benzene rings is 1. The van der Waals surface area contributed by atoms with Gasteiger partial charge in [0.05, 0.1) is 10.5 Å². The average Bonchev–Trinajstić information content (AvgIpc) is 2.51. The summed E-state index contributed by atoms with van der Waals surface area (Å²) >= 11 is 0. The van der Waals surface area contributed by atoms with E-state index in [1.54, 1.807) is 0 Å². The van der Waals surface area contributed by atoms with E-state index >= 15 is 0 Å². The molecule has 2 atom stereocenters. The molecule has 1 aromatic rings. The van der Waals surface area contributed by atoms with Crippen LogP contribution in [0.1, 0.15) is 30.6 Å². The highest BCUT2D eigenvalue weighted by Gasteiger charge is 2.31. The number of rotatable bonds is 5. The molecule has 1 saturated heterocycles. The Morgan fingerprint density at radius 3 is 2.21 bits per heavy atom. The van der Waals surface area contributed by atoms with Gasteiger partial charge in [0, 0.05) is 13.1 Å². The number of ether oxygens (including phenoxy) is 1. The highest BCUT2D eigenvalue weighted by atomic mass is 32.2. The van der Waals surface area contributed by atoms with Crippen molar-refractivity contribution in [2.45, 2.75) is 25.2 Å². The molecule has 2 rings (SSSR count). The molecule has 1 aliphatic heterocycles. The first-order chi connectivity index (χ1) is 11.2. The van der Waals surface area contributed by atoms with E-state index in [-0.39, 0.29) is 10.5 Å². The second-order valence-corrected chi connectivity index (χ2v) is 8.27. The monoisotopic (exact) mass is 354 g/mol. The number of carbonyl (C=O) groups is 2. The van der Waals surface area contributed by atoms with Crippen molar-refractivity contribution in [2.75, 3.05) is 19.7 Å². The lowest BCUT2D eigenvalue weighted by atomic mass is 9.94. The first-order valence-corrected chi connectivity index (χ1v) is 9.19. The normalized spacial score (nSPS) is 22.1. The fraction of sp³-hybridized carbons (Fsp3) is 0.500. The molecule has 24 heavy (non-hydrogen) atoms. The lowest BCUT2D eigenvalue weighted by molar-refractivity contribution is -0.121. The van der Waals surface area contributed by atoms with Crippen LogP contribution in [-0.4, -0.2) is 44.3 Å². The number of primary amides is 1. The summed E-state index contributed by atoms with van der Waals surface area (Å²) in [6, 6.07) is 5.49. The smallest absolute Gasteiger partial charge is 0.338 e. The maximum Gasteiger partial charge on any atom is 0.338 e. The molecular formula is C16H22N2O5S. The van der Waals surface area contributed by atoms with E-state index in [1.807, 2.05) is 13.8 Å². The van der Waals surface area contributed by atoms with Crippen LogP contribution in [0.3, 0.4) is 0 Å². The zero-order chi connectivity index (χ0) is 17.9. The molecule has 0 aromatic heterocycles. The maximum absolute atomic E-state index is 12.7. The van der Waals surface area contributed by atoms with Crippen molar-refractivity contribution in [1.82, 2.24) is 4.31 Å². The van der Waals surface area contributed by atoms with Gasteiger partial charge in [-0.05, 0) is 42.5 Å². The van der Waals surface area contributed by atoms with Crippen molar-refractivity contribution in [3.05, 3.63) is 29.8 Å². The SMILES string of the molecule is CC1CC(C)CN(S(=O)(=O)c2ccc(C(=O)OCC(N)=O)cc2)C1. The molecule has 1 fully saturated rings. The number of esters is 1. The van der Waals surface area contributed by atoms with Gasteiger partial charge in [0.25, 0.3) is 5.91 Å². The number of hydrogen-bond acceptors (Lipinski definition) is 5. The molecule has 1 aliphatic rings. The lowest BCUT2D eigenvalue weighted by Crippen LogP contribution is -2.42. The minimum atomic E-state index is -3.59. The van der Waals surface area contributed by atoms with Crippen LogP contribution in [0.2, 0.25) is 0 Å². The molecule has 1 amide bonds. The minimum Gasteiger partial charge on any atom is -0.452 e. The third-order valence-electron chi connectivity index (χ3n) is 3.91. The number of hydrogen-bond donors (Lipinski definition) is 1. The van der Waals surface area contributed by atoms with Crippen molar-refractivity contribution in [3.63, 3.8) is 0 Å². The van der Waals surface area contributed by atoms with Crippen molar-refractivity contribution in [1.29, 1.82) is 0 Å².